The third-order valence-electron chi connectivity index (χ3n) is 22.7. The van der Waals surface area contributed by atoms with Crippen LogP contribution in [0.25, 0.3) is 121 Å². The second kappa shape index (κ2) is 26.8. The minimum Gasteiger partial charge on any atom is -0.310 e. The van der Waals surface area contributed by atoms with Crippen LogP contribution in [0.3, 0.4) is 0 Å². The van der Waals surface area contributed by atoms with Crippen molar-refractivity contribution in [1.29, 1.82) is 5.26 Å². The van der Waals surface area contributed by atoms with E-state index in [-0.39, 0.29) is 11.8 Å². The average Bonchev–Trinajstić information content (AvgIpc) is 1.47. The Morgan fingerprint density at radius 2 is 0.809 bits per heavy atom. The van der Waals surface area contributed by atoms with Gasteiger partial charge in [0.05, 0.1) is 51.7 Å². The number of aromatic nitrogens is 4. The highest BCUT2D eigenvalue weighted by atomic mass is 15.2. The fourth-order valence-electron chi connectivity index (χ4n) is 17.6. The zero-order valence-electron chi connectivity index (χ0n) is 61.9. The van der Waals surface area contributed by atoms with Crippen molar-refractivity contribution < 1.29 is 0 Å². The third kappa shape index (κ3) is 10.7. The zero-order valence-corrected chi connectivity index (χ0v) is 61.9. The van der Waals surface area contributed by atoms with Crippen LogP contribution < -0.4 is 9.80 Å². The van der Waals surface area contributed by atoms with Gasteiger partial charge in [-0.05, 0) is 187 Å². The number of hydrogen-bond donors (Lipinski definition) is 0. The monoisotopic (exact) mass is 1410 g/mol. The Bertz CT molecular complexity index is 6520. The molecule has 1 aliphatic carbocycles. The molecule has 8 heteroatoms. The van der Waals surface area contributed by atoms with Crippen LogP contribution in [-0.4, -0.2) is 19.5 Å². The Balaban J connectivity index is 0.000000149. The van der Waals surface area contributed by atoms with Gasteiger partial charge in [-0.2, -0.15) is 5.26 Å². The van der Waals surface area contributed by atoms with E-state index in [2.05, 4.69) is 346 Å². The number of para-hydroxylation sites is 4. The van der Waals surface area contributed by atoms with Gasteiger partial charge in [-0.1, -0.05) is 282 Å². The average molecular weight is 1410 g/mol. The fraction of sp³-hybridized carbons (Fsp3) is 0.0882. The summed E-state index contributed by atoms with van der Waals surface area (Å²) in [4.78, 5) is 23.9. The molecule has 3 heterocycles. The lowest BCUT2D eigenvalue weighted by atomic mass is 9.65. The van der Waals surface area contributed by atoms with Gasteiger partial charge in [-0.15, -0.1) is 0 Å². The molecule has 0 amide bonds. The van der Waals surface area contributed by atoms with E-state index in [9.17, 15) is 5.26 Å². The molecule has 0 radical (unpaired) electrons. The molecule has 8 nitrogen and oxygen atoms in total. The molecule has 0 bridgehead atoms. The summed E-state index contributed by atoms with van der Waals surface area (Å²) in [5.74, 6) is 2.45. The molecule has 0 N–H and O–H groups in total. The maximum absolute atomic E-state index is 9.67. The number of nitrogens with zero attached hydrogens (tertiary/aromatic N) is 8. The molecule has 0 fully saturated rings. The number of aryl methyl sites for hydroxylation is 2. The highest BCUT2D eigenvalue weighted by Crippen LogP contribution is 2.62. The summed E-state index contributed by atoms with van der Waals surface area (Å²) in [5.41, 5.74) is 28.6. The summed E-state index contributed by atoms with van der Waals surface area (Å²) in [6.07, 6.45) is 0. The first-order chi connectivity index (χ1) is 54.0. The number of nitriles is 1. The van der Waals surface area contributed by atoms with Gasteiger partial charge in [0.15, 0.2) is 23.2 Å². The Morgan fingerprint density at radius 3 is 1.35 bits per heavy atom. The molecule has 110 heavy (non-hydrogen) atoms. The van der Waals surface area contributed by atoms with Crippen LogP contribution in [0.15, 0.2) is 328 Å². The number of rotatable bonds is 12. The van der Waals surface area contributed by atoms with Crippen LogP contribution in [0.1, 0.15) is 89.6 Å². The summed E-state index contributed by atoms with van der Waals surface area (Å²) < 4.78 is 2.48. The second-order valence-electron chi connectivity index (χ2n) is 29.6. The number of anilines is 6. The molecule has 0 atom stereocenters. The van der Waals surface area contributed by atoms with Crippen LogP contribution in [0.2, 0.25) is 0 Å². The zero-order chi connectivity index (χ0) is 74.5. The summed E-state index contributed by atoms with van der Waals surface area (Å²) in [6.45, 7) is 21.1. The lowest BCUT2D eigenvalue weighted by molar-refractivity contribution is 0.748. The van der Waals surface area contributed by atoms with E-state index in [0.29, 0.717) is 28.7 Å². The van der Waals surface area contributed by atoms with Gasteiger partial charge in [-0.3, -0.25) is 0 Å². The molecule has 16 aromatic carbocycles. The van der Waals surface area contributed by atoms with Crippen LogP contribution in [0, 0.1) is 31.8 Å². The highest BCUT2D eigenvalue weighted by Gasteiger charge is 2.51. The Labute approximate surface area is 640 Å². The Morgan fingerprint density at radius 1 is 0.373 bits per heavy atom. The van der Waals surface area contributed by atoms with Crippen LogP contribution >= 0.6 is 0 Å². The van der Waals surface area contributed by atoms with Gasteiger partial charge in [0.1, 0.15) is 0 Å². The van der Waals surface area contributed by atoms with Gasteiger partial charge in [-0.25, -0.2) is 19.8 Å². The number of hydrogen-bond acceptors (Lipinski definition) is 6. The van der Waals surface area contributed by atoms with Crippen molar-refractivity contribution in [1.82, 2.24) is 19.5 Å². The molecule has 20 rings (SSSR count). The maximum Gasteiger partial charge on any atom is 0.187 e. The van der Waals surface area contributed by atoms with E-state index in [0.717, 1.165) is 62.1 Å². The molecular formula is C102H74N8. The molecule has 0 saturated carbocycles. The Hall–Kier alpha value is -14.1. The second-order valence-corrected chi connectivity index (χ2v) is 29.6. The molecule has 2 aliphatic rings. The summed E-state index contributed by atoms with van der Waals surface area (Å²) in [6, 6.07) is 119. The predicted molar refractivity (Wildman–Crippen MR) is 455 cm³/mol. The highest BCUT2D eigenvalue weighted by molar-refractivity contribution is 6.29. The van der Waals surface area contributed by atoms with Crippen molar-refractivity contribution in [2.45, 2.75) is 58.8 Å². The van der Waals surface area contributed by atoms with Gasteiger partial charge in [0.2, 0.25) is 0 Å². The SMILES string of the molecule is [C-]#[N+]c1ccc(N(c2ccccc2C)c2cc(C(C)C)c3ccc4c(N(c5ccc(C#N)cc5)c5ccccc5C)cc(C(C)C)c5ccc2c3c54)cc1.c1ccc(-c2ccc(-c3nc(-c4ccccc4)nc(-c4ccc5c(c4)-n4c6ccccc6c6cccc(c64)C54c5ccccc5-c5ccccc54)n3)cc2)cc1. The molecule has 1 spiro atoms. The third-order valence-corrected chi connectivity index (χ3v) is 22.7. The van der Waals surface area contributed by atoms with Gasteiger partial charge < -0.3 is 14.4 Å². The molecule has 2 aromatic heterocycles. The van der Waals surface area contributed by atoms with Gasteiger partial charge in [0.25, 0.3) is 0 Å². The first kappa shape index (κ1) is 66.6. The normalized spacial score (nSPS) is 12.3. The quantitative estimate of drug-likeness (QED) is 0.0896. The summed E-state index contributed by atoms with van der Waals surface area (Å²) >= 11 is 0. The smallest absolute Gasteiger partial charge is 0.187 e. The van der Waals surface area contributed by atoms with Crippen molar-refractivity contribution in [3.63, 3.8) is 0 Å². The maximum atomic E-state index is 9.67. The number of benzene rings is 16. The first-order valence-corrected chi connectivity index (χ1v) is 37.8. The lowest BCUT2D eigenvalue weighted by Crippen LogP contribution is -2.33. The van der Waals surface area contributed by atoms with E-state index in [1.54, 1.807) is 0 Å². The summed E-state index contributed by atoms with van der Waals surface area (Å²) in [7, 11) is 0. The van der Waals surface area contributed by atoms with Crippen molar-refractivity contribution in [2.75, 3.05) is 9.80 Å². The molecule has 18 aromatic rings. The topological polar surface area (TPSA) is 78.2 Å². The molecular weight excluding hydrogens is 1340 g/mol. The standard InChI is InChI=1S/C52H32N4.C50H42N4/c1-3-14-33(15-4-1)34-26-28-36(29-27-34)50-53-49(35-16-5-2-6-17-35)54-51(55-50)37-30-31-44-47(32-37)56-46-25-12-9-20-40(46)41-21-13-24-45(48(41)56)52(44)42-22-10-7-18-38(42)39-19-8-11-23-43(39)52;1-31(2)43-28-47(53(45-14-10-8-12-33(45)5)37-20-16-35(30-51)17-21-37)41-26-24-40-44(32(3)4)29-48(42-27-25-39(43)49(41)50(40)42)54(46-15-11-9-13-34(46)6)38-22-18-36(52-7)19-23-38/h1-32H;8-29,31-32H,1-6H3. The van der Waals surface area contributed by atoms with Crippen LogP contribution in [0.4, 0.5) is 39.8 Å². The van der Waals surface area contributed by atoms with Crippen molar-refractivity contribution in [2.24, 2.45) is 0 Å². The molecule has 0 unspecified atom stereocenters. The summed E-state index contributed by atoms with van der Waals surface area (Å²) in [5, 5.41) is 19.6. The van der Waals surface area contributed by atoms with Crippen molar-refractivity contribution in [3.05, 3.63) is 389 Å². The largest absolute Gasteiger partial charge is 0.310 e. The van der Waals surface area contributed by atoms with E-state index in [4.69, 9.17) is 21.5 Å². The van der Waals surface area contributed by atoms with Crippen LogP contribution in [-0.2, 0) is 5.41 Å². The Kier molecular flexibility index (Phi) is 16.2. The van der Waals surface area contributed by atoms with E-state index < -0.39 is 5.41 Å². The van der Waals surface area contributed by atoms with Crippen LogP contribution in [0.5, 0.6) is 0 Å². The molecule has 0 saturated heterocycles. The minimum absolute atomic E-state index is 0.265. The minimum atomic E-state index is -0.509. The van der Waals surface area contributed by atoms with E-state index in [1.165, 1.54) is 115 Å². The first-order valence-electron chi connectivity index (χ1n) is 37.8. The predicted octanol–water partition coefficient (Wildman–Crippen LogP) is 27.1. The fourth-order valence-corrected chi connectivity index (χ4v) is 17.6. The van der Waals surface area contributed by atoms with Gasteiger partial charge >= 0.3 is 0 Å². The molecule has 522 valence electrons. The van der Waals surface area contributed by atoms with Gasteiger partial charge in [0, 0.05) is 61.0 Å². The number of fused-ring (bicyclic) bond motifs is 12. The molecule has 1 aliphatic heterocycles. The van der Waals surface area contributed by atoms with Crippen molar-refractivity contribution in [3.8, 4) is 68.2 Å². The lowest BCUT2D eigenvalue weighted by Gasteiger charge is -2.39. The van der Waals surface area contributed by atoms with E-state index in [1.807, 2.05) is 48.5 Å². The van der Waals surface area contributed by atoms with Crippen molar-refractivity contribution >= 4 is 93.9 Å². The van der Waals surface area contributed by atoms with E-state index >= 15 is 0 Å².